The van der Waals surface area contributed by atoms with Crippen LogP contribution in [0.3, 0.4) is 0 Å². The predicted octanol–water partition coefficient (Wildman–Crippen LogP) is 1.65. The highest BCUT2D eigenvalue weighted by Gasteiger charge is 2.31. The van der Waals surface area contributed by atoms with Crippen LogP contribution in [0.1, 0.15) is 5.82 Å². The van der Waals surface area contributed by atoms with Crippen molar-refractivity contribution in [3.8, 4) is 5.88 Å². The predicted molar refractivity (Wildman–Crippen MR) is 81.2 cm³/mol. The van der Waals surface area contributed by atoms with Gasteiger partial charge in [0.05, 0.1) is 25.1 Å². The Kier molecular flexibility index (Phi) is 5.00. The summed E-state index contributed by atoms with van der Waals surface area (Å²) in [6, 6.07) is 0. The fourth-order valence-electron chi connectivity index (χ4n) is 2.16. The smallest absolute Gasteiger partial charge is 0.257 e. The van der Waals surface area contributed by atoms with Crippen LogP contribution in [0, 0.1) is 11.6 Å². The lowest BCUT2D eigenvalue weighted by atomic mass is 10.1. The van der Waals surface area contributed by atoms with Gasteiger partial charge < -0.3 is 14.4 Å². The first-order valence-electron chi connectivity index (χ1n) is 7.17. The van der Waals surface area contributed by atoms with Gasteiger partial charge in [0.1, 0.15) is 5.82 Å². The van der Waals surface area contributed by atoms with Gasteiger partial charge in [-0.25, -0.2) is 14.4 Å². The van der Waals surface area contributed by atoms with E-state index in [-0.39, 0.29) is 36.1 Å². The Morgan fingerprint density at radius 2 is 1.96 bits per heavy atom. The molecule has 0 aromatic carbocycles. The molecule has 2 aromatic rings. The average Bonchev–Trinajstić information content (AvgIpc) is 2.52. The minimum atomic E-state index is -0.686. The van der Waals surface area contributed by atoms with Gasteiger partial charge in [0.15, 0.2) is 11.6 Å². The van der Waals surface area contributed by atoms with Crippen molar-refractivity contribution in [3.63, 3.8) is 0 Å². The lowest BCUT2D eigenvalue weighted by Gasteiger charge is -2.39. The summed E-state index contributed by atoms with van der Waals surface area (Å²) in [7, 11) is 1.59. The maximum atomic E-state index is 14.5. The summed E-state index contributed by atoms with van der Waals surface area (Å²) in [6.45, 7) is 1.10. The number of aromatic nitrogens is 4. The molecule has 0 radical (unpaired) electrons. The van der Waals surface area contributed by atoms with E-state index in [1.54, 1.807) is 12.0 Å². The number of anilines is 1. The highest BCUT2D eigenvalue weighted by atomic mass is 35.5. The van der Waals surface area contributed by atoms with Crippen molar-refractivity contribution in [3.05, 3.63) is 35.1 Å². The Balaban J connectivity index is 1.65. The van der Waals surface area contributed by atoms with Crippen molar-refractivity contribution in [1.29, 1.82) is 0 Å². The zero-order chi connectivity index (χ0) is 17.1. The number of halogens is 3. The topological polar surface area (TPSA) is 73.3 Å². The van der Waals surface area contributed by atoms with Gasteiger partial charge in [-0.3, -0.25) is 0 Å². The van der Waals surface area contributed by atoms with Crippen LogP contribution in [0.15, 0.2) is 12.4 Å². The van der Waals surface area contributed by atoms with Crippen molar-refractivity contribution in [2.45, 2.75) is 12.5 Å². The maximum absolute atomic E-state index is 14.5. The molecule has 24 heavy (non-hydrogen) atoms. The summed E-state index contributed by atoms with van der Waals surface area (Å²) < 4.78 is 37.7. The second kappa shape index (κ2) is 7.18. The van der Waals surface area contributed by atoms with Gasteiger partial charge in [-0.15, -0.1) is 0 Å². The zero-order valence-electron chi connectivity index (χ0n) is 12.7. The van der Waals surface area contributed by atoms with Crippen molar-refractivity contribution in [2.24, 2.45) is 0 Å². The van der Waals surface area contributed by atoms with Crippen LogP contribution in [0.25, 0.3) is 0 Å². The largest absolute Gasteiger partial charge is 0.475 e. The van der Waals surface area contributed by atoms with E-state index in [0.717, 1.165) is 12.4 Å². The third-order valence-electron chi connectivity index (χ3n) is 3.50. The molecule has 2 aromatic heterocycles. The van der Waals surface area contributed by atoms with Crippen LogP contribution >= 0.6 is 11.6 Å². The standard InChI is InChI=1S/C14H14ClF2N5O2/c1-23-9-6-22(7-9)12-11(17)13(21-14(15)20-12)24-3-2-10-18-4-8(16)5-19-10/h4-5,9H,2-3,6-7H2,1H3. The second-order valence-corrected chi connectivity index (χ2v) is 5.45. The number of ether oxygens (including phenoxy) is 2. The number of hydrogen-bond acceptors (Lipinski definition) is 7. The van der Waals surface area contributed by atoms with Crippen LogP contribution in [0.4, 0.5) is 14.6 Å². The molecule has 3 rings (SSSR count). The maximum Gasteiger partial charge on any atom is 0.257 e. The Hall–Kier alpha value is -2.13. The van der Waals surface area contributed by atoms with Gasteiger partial charge in [-0.1, -0.05) is 0 Å². The van der Waals surface area contributed by atoms with E-state index in [1.807, 2.05) is 0 Å². The van der Waals surface area contributed by atoms with Crippen LogP contribution in [0.5, 0.6) is 5.88 Å². The molecule has 128 valence electrons. The first kappa shape index (κ1) is 16.7. The quantitative estimate of drug-likeness (QED) is 0.728. The van der Waals surface area contributed by atoms with E-state index in [2.05, 4.69) is 19.9 Å². The molecule has 0 N–H and O–H groups in total. The highest BCUT2D eigenvalue weighted by molar-refractivity contribution is 6.28. The van der Waals surface area contributed by atoms with Gasteiger partial charge in [-0.2, -0.15) is 14.4 Å². The minimum absolute atomic E-state index is 0.0399. The molecule has 1 fully saturated rings. The van der Waals surface area contributed by atoms with Crippen molar-refractivity contribution < 1.29 is 18.3 Å². The fourth-order valence-corrected chi connectivity index (χ4v) is 2.32. The molecule has 0 atom stereocenters. The van der Waals surface area contributed by atoms with Gasteiger partial charge in [0.2, 0.25) is 11.1 Å². The molecule has 1 aliphatic rings. The lowest BCUT2D eigenvalue weighted by molar-refractivity contribution is 0.0777. The molecule has 0 bridgehead atoms. The molecule has 0 spiro atoms. The van der Waals surface area contributed by atoms with E-state index >= 15 is 0 Å². The molecule has 3 heterocycles. The fraction of sp³-hybridized carbons (Fsp3) is 0.429. The molecule has 1 saturated heterocycles. The Morgan fingerprint density at radius 1 is 1.25 bits per heavy atom. The first-order valence-corrected chi connectivity index (χ1v) is 7.54. The molecule has 0 unspecified atom stereocenters. The molecule has 0 aliphatic carbocycles. The van der Waals surface area contributed by atoms with Gasteiger partial charge in [0.25, 0.3) is 5.88 Å². The summed E-state index contributed by atoms with van der Waals surface area (Å²) in [6.07, 6.45) is 2.42. The van der Waals surface area contributed by atoms with Gasteiger partial charge in [-0.05, 0) is 11.6 Å². The molecule has 10 heteroatoms. The van der Waals surface area contributed by atoms with Gasteiger partial charge in [0, 0.05) is 26.6 Å². The van der Waals surface area contributed by atoms with Crippen molar-refractivity contribution in [1.82, 2.24) is 19.9 Å². The van der Waals surface area contributed by atoms with E-state index < -0.39 is 11.6 Å². The monoisotopic (exact) mass is 357 g/mol. The average molecular weight is 358 g/mol. The SMILES string of the molecule is COC1CN(c2nc(Cl)nc(OCCc3ncc(F)cn3)c2F)C1. The number of methoxy groups -OCH3 is 1. The Labute approximate surface area is 141 Å². The van der Waals surface area contributed by atoms with E-state index in [0.29, 0.717) is 18.9 Å². The number of hydrogen-bond donors (Lipinski definition) is 0. The summed E-state index contributed by atoms with van der Waals surface area (Å²) >= 11 is 5.84. The molecule has 0 amide bonds. The van der Waals surface area contributed by atoms with Crippen molar-refractivity contribution in [2.75, 3.05) is 31.7 Å². The summed E-state index contributed by atoms with van der Waals surface area (Å²) in [4.78, 5) is 16.9. The number of nitrogens with zero attached hydrogens (tertiary/aromatic N) is 5. The van der Waals surface area contributed by atoms with Crippen LogP contribution in [-0.2, 0) is 11.2 Å². The first-order chi connectivity index (χ1) is 11.6. The molecule has 1 aliphatic heterocycles. The highest BCUT2D eigenvalue weighted by Crippen LogP contribution is 2.29. The molecule has 0 saturated carbocycles. The summed E-state index contributed by atoms with van der Waals surface area (Å²) in [5.74, 6) is -0.997. The summed E-state index contributed by atoms with van der Waals surface area (Å²) in [5.41, 5.74) is 0. The van der Waals surface area contributed by atoms with E-state index in [1.165, 1.54) is 0 Å². The van der Waals surface area contributed by atoms with E-state index in [4.69, 9.17) is 21.1 Å². The Bertz CT molecular complexity index is 713. The van der Waals surface area contributed by atoms with Crippen LogP contribution in [0.2, 0.25) is 5.28 Å². The molecular formula is C14H14ClF2N5O2. The van der Waals surface area contributed by atoms with Crippen LogP contribution in [-0.4, -0.2) is 52.8 Å². The minimum Gasteiger partial charge on any atom is -0.475 e. The van der Waals surface area contributed by atoms with Crippen LogP contribution < -0.4 is 9.64 Å². The summed E-state index contributed by atoms with van der Waals surface area (Å²) in [5, 5.41) is -0.111. The Morgan fingerprint density at radius 3 is 2.62 bits per heavy atom. The zero-order valence-corrected chi connectivity index (χ0v) is 13.5. The van der Waals surface area contributed by atoms with Crippen molar-refractivity contribution >= 4 is 17.4 Å². The normalized spacial score (nSPS) is 14.6. The lowest BCUT2D eigenvalue weighted by Crippen LogP contribution is -2.52. The molecular weight excluding hydrogens is 344 g/mol. The third-order valence-corrected chi connectivity index (χ3v) is 3.66. The second-order valence-electron chi connectivity index (χ2n) is 5.11. The number of rotatable bonds is 6. The van der Waals surface area contributed by atoms with E-state index in [9.17, 15) is 8.78 Å². The third kappa shape index (κ3) is 3.68. The molecule has 7 nitrogen and oxygen atoms in total. The van der Waals surface area contributed by atoms with Gasteiger partial charge >= 0.3 is 0 Å².